The number of carbonyl (C=O) groups is 1. The number of ketones is 1. The van der Waals surface area contributed by atoms with Gasteiger partial charge in [0, 0.05) is 12.0 Å². The molecule has 1 fully saturated rings. The molecule has 4 rings (SSSR count). The first-order valence-corrected chi connectivity index (χ1v) is 11.7. The van der Waals surface area contributed by atoms with Gasteiger partial charge >= 0.3 is 0 Å². The van der Waals surface area contributed by atoms with Crippen molar-refractivity contribution in [1.82, 2.24) is 15.0 Å². The van der Waals surface area contributed by atoms with E-state index in [9.17, 15) is 37.7 Å². The molecule has 9 nitrogen and oxygen atoms in total. The Morgan fingerprint density at radius 1 is 1.11 bits per heavy atom. The molecule has 0 aliphatic carbocycles. The Kier molecular flexibility index (Phi) is 8.53. The molecule has 2 unspecified atom stereocenters. The summed E-state index contributed by atoms with van der Waals surface area (Å²) >= 11 is 0. The van der Waals surface area contributed by atoms with Crippen molar-refractivity contribution in [2.75, 3.05) is 6.61 Å². The van der Waals surface area contributed by atoms with E-state index in [0.29, 0.717) is 17.7 Å². The predicted octanol–water partition coefficient (Wildman–Crippen LogP) is 2.09. The number of hydrogen-bond acceptors (Lipinski definition) is 8. The highest BCUT2D eigenvalue weighted by Crippen LogP contribution is 2.34. The van der Waals surface area contributed by atoms with Crippen LogP contribution in [-0.2, 0) is 20.9 Å². The summed E-state index contributed by atoms with van der Waals surface area (Å²) in [6.07, 6.45) is -5.99. The fourth-order valence-electron chi connectivity index (χ4n) is 4.29. The van der Waals surface area contributed by atoms with Crippen LogP contribution < -0.4 is 0 Å². The number of aliphatic hydroxyl groups is 3. The standard InChI is InChI=1S/C25H25F4N3O6/c1-2-18(34)24(37-11-12-3-5-14(26)6-4-12)25-23(36)21(22(35)19(10-33)38-25)32-9-17(30-31-32)13-7-15(27)20(29)16(28)8-13/h3-9,19,21-25,33,35-36H,2,10-11H2,1H3/t19?,21-,22-,23?,24+,25+/m0/s1. The summed E-state index contributed by atoms with van der Waals surface area (Å²) in [7, 11) is 0. The Labute approximate surface area is 214 Å². The highest BCUT2D eigenvalue weighted by Gasteiger charge is 2.50. The van der Waals surface area contributed by atoms with Gasteiger partial charge in [-0.2, -0.15) is 0 Å². The number of rotatable bonds is 9. The number of aliphatic hydroxyl groups excluding tert-OH is 3. The fraction of sp³-hybridized carbons (Fsp3) is 0.400. The summed E-state index contributed by atoms with van der Waals surface area (Å²) in [5.41, 5.74) is 0.292. The Hall–Kier alpha value is -3.23. The molecular weight excluding hydrogens is 514 g/mol. The van der Waals surface area contributed by atoms with Gasteiger partial charge in [0.1, 0.15) is 48.1 Å². The minimum Gasteiger partial charge on any atom is -0.394 e. The number of hydrogen-bond donors (Lipinski definition) is 3. The zero-order chi connectivity index (χ0) is 27.6. The summed E-state index contributed by atoms with van der Waals surface area (Å²) in [5, 5.41) is 39.5. The van der Waals surface area contributed by atoms with Crippen LogP contribution in [0.4, 0.5) is 17.6 Å². The maximum Gasteiger partial charge on any atom is 0.194 e. The number of Topliss-reactive ketones (excluding diaryl/α,β-unsaturated/α-hetero) is 1. The lowest BCUT2D eigenvalue weighted by atomic mass is 9.88. The number of carbonyl (C=O) groups excluding carboxylic acids is 1. The molecular formula is C25H25F4N3O6. The lowest BCUT2D eigenvalue weighted by Gasteiger charge is -2.44. The first kappa shape index (κ1) is 27.8. The maximum absolute atomic E-state index is 13.7. The van der Waals surface area contributed by atoms with Crippen molar-refractivity contribution in [3.63, 3.8) is 0 Å². The van der Waals surface area contributed by atoms with Crippen LogP contribution in [0.5, 0.6) is 0 Å². The molecule has 0 bridgehead atoms. The van der Waals surface area contributed by atoms with Crippen molar-refractivity contribution in [2.45, 2.75) is 56.5 Å². The zero-order valence-electron chi connectivity index (χ0n) is 20.0. The maximum atomic E-state index is 13.7. The van der Waals surface area contributed by atoms with Crippen LogP contribution in [-0.4, -0.2) is 73.2 Å². The summed E-state index contributed by atoms with van der Waals surface area (Å²) in [6, 6.07) is 5.45. The van der Waals surface area contributed by atoms with E-state index in [-0.39, 0.29) is 24.3 Å². The van der Waals surface area contributed by atoms with Crippen LogP contribution in [0.1, 0.15) is 24.9 Å². The predicted molar refractivity (Wildman–Crippen MR) is 122 cm³/mol. The van der Waals surface area contributed by atoms with Crippen LogP contribution in [0, 0.1) is 23.3 Å². The second-order valence-corrected chi connectivity index (χ2v) is 8.81. The van der Waals surface area contributed by atoms with Crippen LogP contribution in [0.3, 0.4) is 0 Å². The average molecular weight is 539 g/mol. The molecule has 6 atom stereocenters. The van der Waals surface area contributed by atoms with Gasteiger partial charge in [0.25, 0.3) is 0 Å². The minimum absolute atomic E-state index is 0.00679. The van der Waals surface area contributed by atoms with E-state index in [0.717, 1.165) is 10.9 Å². The third kappa shape index (κ3) is 5.61. The number of halogens is 4. The lowest BCUT2D eigenvalue weighted by Crippen LogP contribution is -2.60. The Balaban J connectivity index is 1.63. The van der Waals surface area contributed by atoms with Gasteiger partial charge in [-0.15, -0.1) is 5.10 Å². The second-order valence-electron chi connectivity index (χ2n) is 8.81. The van der Waals surface area contributed by atoms with Gasteiger partial charge in [0.15, 0.2) is 23.2 Å². The van der Waals surface area contributed by atoms with Gasteiger partial charge in [0.2, 0.25) is 0 Å². The first-order chi connectivity index (χ1) is 18.1. The molecule has 1 saturated heterocycles. The molecule has 204 valence electrons. The van der Waals surface area contributed by atoms with Crippen molar-refractivity contribution < 1.29 is 47.1 Å². The summed E-state index contributed by atoms with van der Waals surface area (Å²) in [5.74, 6) is -5.45. The fourth-order valence-corrected chi connectivity index (χ4v) is 4.29. The minimum atomic E-state index is -1.66. The molecule has 0 radical (unpaired) electrons. The largest absolute Gasteiger partial charge is 0.394 e. The highest BCUT2D eigenvalue weighted by atomic mass is 19.2. The van der Waals surface area contributed by atoms with Crippen molar-refractivity contribution in [3.8, 4) is 11.3 Å². The van der Waals surface area contributed by atoms with Crippen LogP contribution >= 0.6 is 0 Å². The van der Waals surface area contributed by atoms with E-state index in [1.54, 1.807) is 6.92 Å². The molecule has 3 N–H and O–H groups in total. The summed E-state index contributed by atoms with van der Waals surface area (Å²) < 4.78 is 66.5. The molecule has 1 aliphatic rings. The lowest BCUT2D eigenvalue weighted by molar-refractivity contribution is -0.234. The van der Waals surface area contributed by atoms with E-state index >= 15 is 0 Å². The third-order valence-electron chi connectivity index (χ3n) is 6.33. The van der Waals surface area contributed by atoms with Gasteiger partial charge in [-0.05, 0) is 29.8 Å². The first-order valence-electron chi connectivity index (χ1n) is 11.7. The number of ether oxygens (including phenoxy) is 2. The Morgan fingerprint density at radius 2 is 1.76 bits per heavy atom. The normalized spacial score (nSPS) is 24.4. The van der Waals surface area contributed by atoms with Gasteiger partial charge in [-0.3, -0.25) is 4.79 Å². The van der Waals surface area contributed by atoms with Crippen molar-refractivity contribution in [3.05, 3.63) is 71.4 Å². The van der Waals surface area contributed by atoms with E-state index in [4.69, 9.17) is 9.47 Å². The van der Waals surface area contributed by atoms with Crippen LogP contribution in [0.25, 0.3) is 11.3 Å². The third-order valence-corrected chi connectivity index (χ3v) is 6.33. The van der Waals surface area contributed by atoms with Gasteiger partial charge in [-0.1, -0.05) is 24.3 Å². The smallest absolute Gasteiger partial charge is 0.194 e. The van der Waals surface area contributed by atoms with Crippen molar-refractivity contribution in [1.29, 1.82) is 0 Å². The Morgan fingerprint density at radius 3 is 2.37 bits per heavy atom. The van der Waals surface area contributed by atoms with E-state index < -0.39 is 72.2 Å². The Bertz CT molecular complexity index is 1250. The van der Waals surface area contributed by atoms with Gasteiger partial charge in [-0.25, -0.2) is 22.2 Å². The molecule has 2 heterocycles. The molecule has 38 heavy (non-hydrogen) atoms. The monoisotopic (exact) mass is 539 g/mol. The molecule has 13 heteroatoms. The van der Waals surface area contributed by atoms with Crippen molar-refractivity contribution in [2.24, 2.45) is 0 Å². The molecule has 0 saturated carbocycles. The van der Waals surface area contributed by atoms with E-state index in [2.05, 4.69) is 10.3 Å². The molecule has 0 spiro atoms. The summed E-state index contributed by atoms with van der Waals surface area (Å²) in [6.45, 7) is 0.754. The van der Waals surface area contributed by atoms with Crippen LogP contribution in [0.2, 0.25) is 0 Å². The second kappa shape index (κ2) is 11.7. The summed E-state index contributed by atoms with van der Waals surface area (Å²) in [4.78, 5) is 12.8. The quantitative estimate of drug-likeness (QED) is 0.279. The number of nitrogens with zero attached hydrogens (tertiary/aromatic N) is 3. The highest BCUT2D eigenvalue weighted by molar-refractivity contribution is 5.83. The molecule has 0 amide bonds. The SMILES string of the molecule is CCC(=O)[C@@H](OCc1ccc(F)cc1)[C@@H]1OC(CO)[C@H](O)[C@H](n2cc(-c3cc(F)c(F)c(F)c3)nn2)C1O. The van der Waals surface area contributed by atoms with E-state index in [1.165, 1.54) is 24.3 Å². The molecule has 3 aromatic rings. The number of aromatic nitrogens is 3. The molecule has 1 aromatic heterocycles. The zero-order valence-corrected chi connectivity index (χ0v) is 20.0. The van der Waals surface area contributed by atoms with Crippen molar-refractivity contribution >= 4 is 5.78 Å². The topological polar surface area (TPSA) is 127 Å². The van der Waals surface area contributed by atoms with Crippen LogP contribution in [0.15, 0.2) is 42.6 Å². The average Bonchev–Trinajstić information content (AvgIpc) is 3.38. The van der Waals surface area contributed by atoms with E-state index in [1.807, 2.05) is 0 Å². The van der Waals surface area contributed by atoms with Gasteiger partial charge in [0.05, 0.1) is 19.4 Å². The molecule has 2 aromatic carbocycles. The van der Waals surface area contributed by atoms with Gasteiger partial charge < -0.3 is 24.8 Å². The number of benzene rings is 2. The molecule has 1 aliphatic heterocycles.